The van der Waals surface area contributed by atoms with Gasteiger partial charge in [0.15, 0.2) is 0 Å². The summed E-state index contributed by atoms with van der Waals surface area (Å²) in [7, 11) is 0. The van der Waals surface area contributed by atoms with E-state index in [0.717, 1.165) is 5.56 Å². The lowest BCUT2D eigenvalue weighted by Gasteiger charge is -2.01. The number of nitrogens with two attached hydrogens (primary N) is 1. The van der Waals surface area contributed by atoms with Gasteiger partial charge < -0.3 is 10.8 Å². The predicted octanol–water partition coefficient (Wildman–Crippen LogP) is -0.321. The zero-order chi connectivity index (χ0) is 8.77. The summed E-state index contributed by atoms with van der Waals surface area (Å²) >= 11 is 0. The molecule has 0 aromatic carbocycles. The van der Waals surface area contributed by atoms with Crippen molar-refractivity contribution in [3.63, 3.8) is 0 Å². The van der Waals surface area contributed by atoms with E-state index in [-0.39, 0.29) is 5.92 Å². The van der Waals surface area contributed by atoms with Gasteiger partial charge in [0.1, 0.15) is 5.54 Å². The molecular weight excluding hydrogens is 158 g/mol. The van der Waals surface area contributed by atoms with Crippen molar-refractivity contribution < 1.29 is 9.90 Å². The first-order valence-electron chi connectivity index (χ1n) is 3.65. The van der Waals surface area contributed by atoms with Crippen molar-refractivity contribution in [2.24, 2.45) is 5.73 Å². The molecule has 1 fully saturated rings. The van der Waals surface area contributed by atoms with E-state index in [1.54, 1.807) is 12.4 Å². The van der Waals surface area contributed by atoms with Gasteiger partial charge in [-0.25, -0.2) is 0 Å². The lowest BCUT2D eigenvalue weighted by atomic mass is 10.1. The highest BCUT2D eigenvalue weighted by Crippen LogP contribution is 2.49. The number of aromatic nitrogens is 2. The molecule has 0 spiro atoms. The van der Waals surface area contributed by atoms with Crippen molar-refractivity contribution in [2.75, 3.05) is 0 Å². The minimum Gasteiger partial charge on any atom is -0.480 e. The highest BCUT2D eigenvalue weighted by atomic mass is 16.4. The van der Waals surface area contributed by atoms with Crippen molar-refractivity contribution in [1.29, 1.82) is 0 Å². The van der Waals surface area contributed by atoms with E-state index in [0.29, 0.717) is 6.42 Å². The van der Waals surface area contributed by atoms with Crippen LogP contribution in [0.1, 0.15) is 17.9 Å². The molecular formula is C7H9N3O2. The monoisotopic (exact) mass is 167 g/mol. The first kappa shape index (κ1) is 7.30. The van der Waals surface area contributed by atoms with Gasteiger partial charge in [0.05, 0.1) is 6.20 Å². The van der Waals surface area contributed by atoms with Crippen molar-refractivity contribution in [3.05, 3.63) is 18.0 Å². The second kappa shape index (κ2) is 2.07. The lowest BCUT2D eigenvalue weighted by Crippen LogP contribution is -2.34. The molecule has 1 aliphatic carbocycles. The van der Waals surface area contributed by atoms with Gasteiger partial charge in [-0.2, -0.15) is 5.10 Å². The summed E-state index contributed by atoms with van der Waals surface area (Å²) in [5, 5.41) is 15.1. The van der Waals surface area contributed by atoms with Crippen LogP contribution in [0.15, 0.2) is 12.4 Å². The molecule has 4 N–H and O–H groups in total. The van der Waals surface area contributed by atoms with Gasteiger partial charge in [-0.3, -0.25) is 9.89 Å². The maximum absolute atomic E-state index is 10.6. The minimum absolute atomic E-state index is 0.0752. The van der Waals surface area contributed by atoms with Crippen LogP contribution < -0.4 is 5.73 Å². The molecule has 1 aromatic rings. The molecule has 64 valence electrons. The predicted molar refractivity (Wildman–Crippen MR) is 40.5 cm³/mol. The summed E-state index contributed by atoms with van der Waals surface area (Å²) in [5.41, 5.74) is 5.41. The topological polar surface area (TPSA) is 92.0 Å². The third kappa shape index (κ3) is 0.831. The van der Waals surface area contributed by atoms with Crippen molar-refractivity contribution in [2.45, 2.75) is 17.9 Å². The fraction of sp³-hybridized carbons (Fsp3) is 0.429. The number of aliphatic carboxylic acids is 1. The van der Waals surface area contributed by atoms with Crippen molar-refractivity contribution in [3.8, 4) is 0 Å². The van der Waals surface area contributed by atoms with Gasteiger partial charge >= 0.3 is 5.97 Å². The van der Waals surface area contributed by atoms with Gasteiger partial charge in [0.2, 0.25) is 0 Å². The van der Waals surface area contributed by atoms with Crippen LogP contribution in [0.3, 0.4) is 0 Å². The first-order chi connectivity index (χ1) is 5.64. The number of H-pyrrole nitrogens is 1. The van der Waals surface area contributed by atoms with Crippen LogP contribution in [-0.2, 0) is 4.79 Å². The Bertz CT molecular complexity index is 308. The number of hydrogen-bond donors (Lipinski definition) is 3. The summed E-state index contributed by atoms with van der Waals surface area (Å²) in [5.74, 6) is -1.01. The Morgan fingerprint density at radius 3 is 3.08 bits per heavy atom. The maximum atomic E-state index is 10.6. The third-order valence-electron chi connectivity index (χ3n) is 2.32. The second-order valence-electron chi connectivity index (χ2n) is 3.13. The molecule has 0 amide bonds. The molecule has 0 radical (unpaired) electrons. The summed E-state index contributed by atoms with van der Waals surface area (Å²) in [6.07, 6.45) is 3.80. The Hall–Kier alpha value is -1.36. The van der Waals surface area contributed by atoms with Crippen LogP contribution in [0.25, 0.3) is 0 Å². The molecule has 2 atom stereocenters. The number of carboxylic acids is 1. The molecule has 2 rings (SSSR count). The fourth-order valence-electron chi connectivity index (χ4n) is 1.38. The zero-order valence-corrected chi connectivity index (χ0v) is 6.32. The molecule has 0 bridgehead atoms. The number of nitrogens with one attached hydrogen (secondary N) is 1. The molecule has 5 nitrogen and oxygen atoms in total. The summed E-state index contributed by atoms with van der Waals surface area (Å²) in [4.78, 5) is 10.6. The van der Waals surface area contributed by atoms with Crippen LogP contribution in [0.2, 0.25) is 0 Å². The normalized spacial score (nSPS) is 33.2. The SMILES string of the molecule is N[C@@]1(C(=O)O)C[C@@H]1c1cn[nH]c1. The average molecular weight is 167 g/mol. The number of nitrogens with zero attached hydrogens (tertiary/aromatic N) is 1. The van der Waals surface area contributed by atoms with Crippen molar-refractivity contribution in [1.82, 2.24) is 10.2 Å². The fourth-order valence-corrected chi connectivity index (χ4v) is 1.38. The van der Waals surface area contributed by atoms with Crippen LogP contribution in [-0.4, -0.2) is 26.8 Å². The molecule has 1 heterocycles. The number of aromatic amines is 1. The summed E-state index contributed by atoms with van der Waals surface area (Å²) in [6, 6.07) is 0. The molecule has 1 aliphatic rings. The van der Waals surface area contributed by atoms with E-state index in [2.05, 4.69) is 10.2 Å². The average Bonchev–Trinajstić information content (AvgIpc) is 2.49. The third-order valence-corrected chi connectivity index (χ3v) is 2.32. The highest BCUT2D eigenvalue weighted by Gasteiger charge is 2.58. The maximum Gasteiger partial charge on any atom is 0.324 e. The lowest BCUT2D eigenvalue weighted by molar-refractivity contribution is -0.139. The Labute approximate surface area is 68.6 Å². The number of rotatable bonds is 2. The van der Waals surface area contributed by atoms with Crippen LogP contribution in [0.5, 0.6) is 0 Å². The molecule has 0 saturated heterocycles. The number of carbonyl (C=O) groups is 1. The van der Waals surface area contributed by atoms with E-state index in [4.69, 9.17) is 10.8 Å². The van der Waals surface area contributed by atoms with E-state index in [1.807, 2.05) is 0 Å². The smallest absolute Gasteiger partial charge is 0.324 e. The minimum atomic E-state index is -1.05. The van der Waals surface area contributed by atoms with E-state index >= 15 is 0 Å². The highest BCUT2D eigenvalue weighted by molar-refractivity contribution is 5.84. The van der Waals surface area contributed by atoms with Gasteiger partial charge in [0.25, 0.3) is 0 Å². The number of hydrogen-bond acceptors (Lipinski definition) is 3. The molecule has 5 heteroatoms. The second-order valence-corrected chi connectivity index (χ2v) is 3.13. The zero-order valence-electron chi connectivity index (χ0n) is 6.32. The van der Waals surface area contributed by atoms with Crippen LogP contribution >= 0.6 is 0 Å². The van der Waals surface area contributed by atoms with Crippen molar-refractivity contribution >= 4 is 5.97 Å². The largest absolute Gasteiger partial charge is 0.480 e. The van der Waals surface area contributed by atoms with Gasteiger partial charge in [-0.15, -0.1) is 0 Å². The van der Waals surface area contributed by atoms with E-state index < -0.39 is 11.5 Å². The molecule has 1 saturated carbocycles. The Kier molecular flexibility index (Phi) is 1.26. The first-order valence-corrected chi connectivity index (χ1v) is 3.65. The molecule has 0 aliphatic heterocycles. The Balaban J connectivity index is 2.19. The van der Waals surface area contributed by atoms with Gasteiger partial charge in [0, 0.05) is 12.1 Å². The van der Waals surface area contributed by atoms with E-state index in [9.17, 15) is 4.79 Å². The summed E-state index contributed by atoms with van der Waals surface area (Å²) in [6.45, 7) is 0. The molecule has 12 heavy (non-hydrogen) atoms. The Morgan fingerprint density at radius 1 is 1.92 bits per heavy atom. The standard InChI is InChI=1S/C7H9N3O2/c8-7(6(11)12)1-5(7)4-2-9-10-3-4/h2-3,5H,1,8H2,(H,9,10)(H,11,12)/t5-,7+/m1/s1. The molecule has 0 unspecified atom stereocenters. The number of carboxylic acid groups (broad SMARTS) is 1. The Morgan fingerprint density at radius 2 is 2.67 bits per heavy atom. The summed E-state index contributed by atoms with van der Waals surface area (Å²) < 4.78 is 0. The van der Waals surface area contributed by atoms with Gasteiger partial charge in [-0.05, 0) is 12.0 Å². The van der Waals surface area contributed by atoms with E-state index in [1.165, 1.54) is 0 Å². The van der Waals surface area contributed by atoms with Gasteiger partial charge in [-0.1, -0.05) is 0 Å². The van der Waals surface area contributed by atoms with Crippen LogP contribution in [0.4, 0.5) is 0 Å². The quantitative estimate of drug-likeness (QED) is 0.562. The molecule has 1 aromatic heterocycles. The van der Waals surface area contributed by atoms with Crippen LogP contribution in [0, 0.1) is 0 Å².